The highest BCUT2D eigenvalue weighted by Gasteiger charge is 2.28. The first kappa shape index (κ1) is 17.9. The number of amides is 1. The van der Waals surface area contributed by atoms with E-state index in [0.29, 0.717) is 0 Å². The van der Waals surface area contributed by atoms with Crippen LogP contribution >= 0.6 is 0 Å². The van der Waals surface area contributed by atoms with Crippen LogP contribution in [0.25, 0.3) is 11.4 Å². The molecule has 130 valence electrons. The van der Waals surface area contributed by atoms with Gasteiger partial charge in [-0.3, -0.25) is 4.79 Å². The van der Waals surface area contributed by atoms with Crippen LogP contribution in [0, 0.1) is 12.7 Å². The number of aliphatic hydroxyl groups excluding tert-OH is 1. The SMILES string of the molecule is Cc1cc(F)c(-c2nc(CO)nn2C)cc1C(=O)NCC(F)(F)F. The number of hydrogen-bond acceptors (Lipinski definition) is 4. The largest absolute Gasteiger partial charge is 0.405 e. The maximum absolute atomic E-state index is 14.2. The highest BCUT2D eigenvalue weighted by molar-refractivity contribution is 5.96. The number of hydrogen-bond donors (Lipinski definition) is 2. The highest BCUT2D eigenvalue weighted by atomic mass is 19.4. The number of aryl methyl sites for hydroxylation is 2. The quantitative estimate of drug-likeness (QED) is 0.826. The van der Waals surface area contributed by atoms with Gasteiger partial charge >= 0.3 is 6.18 Å². The molecular formula is C14H14F4N4O2. The smallest absolute Gasteiger partial charge is 0.388 e. The van der Waals surface area contributed by atoms with Crippen LogP contribution in [0.2, 0.25) is 0 Å². The van der Waals surface area contributed by atoms with Crippen molar-refractivity contribution in [2.45, 2.75) is 19.7 Å². The Kier molecular flexibility index (Phi) is 4.88. The molecule has 6 nitrogen and oxygen atoms in total. The van der Waals surface area contributed by atoms with E-state index in [4.69, 9.17) is 5.11 Å². The molecule has 1 amide bonds. The van der Waals surface area contributed by atoms with Gasteiger partial charge in [-0.15, -0.1) is 0 Å². The van der Waals surface area contributed by atoms with Crippen molar-refractivity contribution in [1.82, 2.24) is 20.1 Å². The number of aromatic nitrogens is 3. The standard InChI is InChI=1S/C14H14F4N4O2/c1-7-3-10(15)9(12-20-11(5-23)21-22(12)2)4-8(7)13(24)19-6-14(16,17)18/h3-4,23H,5-6H2,1-2H3,(H,19,24). The maximum Gasteiger partial charge on any atom is 0.405 e. The third-order valence-corrected chi connectivity index (χ3v) is 3.20. The molecule has 2 aromatic rings. The van der Waals surface area contributed by atoms with Gasteiger partial charge in [0, 0.05) is 12.6 Å². The topological polar surface area (TPSA) is 80.0 Å². The van der Waals surface area contributed by atoms with Gasteiger partial charge in [0.1, 0.15) is 19.0 Å². The lowest BCUT2D eigenvalue weighted by Gasteiger charge is -2.12. The van der Waals surface area contributed by atoms with E-state index in [0.717, 1.165) is 12.1 Å². The Hall–Kier alpha value is -2.49. The number of nitrogens with one attached hydrogen (secondary N) is 1. The number of halogens is 4. The molecule has 0 aliphatic heterocycles. The number of carbonyl (C=O) groups is 1. The first-order chi connectivity index (χ1) is 11.1. The normalized spacial score (nSPS) is 11.6. The third kappa shape index (κ3) is 3.88. The van der Waals surface area contributed by atoms with Gasteiger partial charge in [-0.2, -0.15) is 18.3 Å². The molecule has 0 saturated carbocycles. The molecule has 0 spiro atoms. The Labute approximate surface area is 134 Å². The molecule has 2 N–H and O–H groups in total. The summed E-state index contributed by atoms with van der Waals surface area (Å²) in [5.74, 6) is -1.59. The molecule has 2 rings (SSSR count). The molecule has 24 heavy (non-hydrogen) atoms. The molecule has 0 atom stereocenters. The summed E-state index contributed by atoms with van der Waals surface area (Å²) in [6.07, 6.45) is -4.55. The van der Waals surface area contributed by atoms with Crippen molar-refractivity contribution < 1.29 is 27.5 Å². The predicted octanol–water partition coefficient (Wildman–Crippen LogP) is 1.71. The average Bonchev–Trinajstić information content (AvgIpc) is 2.85. The van der Waals surface area contributed by atoms with Crippen LogP contribution in [-0.2, 0) is 13.7 Å². The fraction of sp³-hybridized carbons (Fsp3) is 0.357. The molecule has 0 aliphatic rings. The van der Waals surface area contributed by atoms with Gasteiger partial charge < -0.3 is 10.4 Å². The van der Waals surface area contributed by atoms with Crippen LogP contribution in [0.3, 0.4) is 0 Å². The van der Waals surface area contributed by atoms with Crippen molar-refractivity contribution in [3.63, 3.8) is 0 Å². The highest BCUT2D eigenvalue weighted by Crippen LogP contribution is 2.25. The molecule has 0 fully saturated rings. The van der Waals surface area contributed by atoms with E-state index in [-0.39, 0.29) is 28.3 Å². The molecule has 0 unspecified atom stereocenters. The number of aliphatic hydroxyl groups is 1. The molecular weight excluding hydrogens is 332 g/mol. The second-order valence-electron chi connectivity index (χ2n) is 5.08. The van der Waals surface area contributed by atoms with Crippen LogP contribution in [0.5, 0.6) is 0 Å². The zero-order valence-electron chi connectivity index (χ0n) is 12.8. The Morgan fingerprint density at radius 2 is 2.04 bits per heavy atom. The van der Waals surface area contributed by atoms with E-state index in [1.165, 1.54) is 18.7 Å². The van der Waals surface area contributed by atoms with Gasteiger partial charge in [0.05, 0.1) is 5.56 Å². The number of alkyl halides is 3. The molecule has 1 aromatic heterocycles. The molecule has 0 saturated heterocycles. The molecule has 10 heteroatoms. The lowest BCUT2D eigenvalue weighted by Crippen LogP contribution is -2.34. The summed E-state index contributed by atoms with van der Waals surface area (Å²) in [7, 11) is 1.46. The lowest BCUT2D eigenvalue weighted by molar-refractivity contribution is -0.123. The van der Waals surface area contributed by atoms with Crippen molar-refractivity contribution in [1.29, 1.82) is 0 Å². The van der Waals surface area contributed by atoms with E-state index in [1.54, 1.807) is 5.32 Å². The first-order valence-electron chi connectivity index (χ1n) is 6.78. The third-order valence-electron chi connectivity index (χ3n) is 3.20. The molecule has 0 bridgehead atoms. The van der Waals surface area contributed by atoms with Crippen molar-refractivity contribution in [2.24, 2.45) is 7.05 Å². The fourth-order valence-corrected chi connectivity index (χ4v) is 2.10. The van der Waals surface area contributed by atoms with Crippen molar-refractivity contribution in [3.8, 4) is 11.4 Å². The monoisotopic (exact) mass is 346 g/mol. The van der Waals surface area contributed by atoms with Crippen molar-refractivity contribution in [3.05, 3.63) is 34.9 Å². The van der Waals surface area contributed by atoms with Crippen LogP contribution in [0.1, 0.15) is 21.7 Å². The summed E-state index contributed by atoms with van der Waals surface area (Å²) in [5, 5.41) is 14.6. The van der Waals surface area contributed by atoms with Gasteiger partial charge in [-0.25, -0.2) is 14.1 Å². The van der Waals surface area contributed by atoms with E-state index in [1.807, 2.05) is 0 Å². The Morgan fingerprint density at radius 1 is 1.38 bits per heavy atom. The second-order valence-corrected chi connectivity index (χ2v) is 5.08. The minimum absolute atomic E-state index is 0.0430. The fourth-order valence-electron chi connectivity index (χ4n) is 2.10. The van der Waals surface area contributed by atoms with E-state index in [2.05, 4.69) is 10.1 Å². The Morgan fingerprint density at radius 3 is 2.58 bits per heavy atom. The summed E-state index contributed by atoms with van der Waals surface area (Å²) in [6.45, 7) is -0.540. The first-order valence-corrected chi connectivity index (χ1v) is 6.78. The second kappa shape index (κ2) is 6.56. The average molecular weight is 346 g/mol. The summed E-state index contributed by atoms with van der Waals surface area (Å²) >= 11 is 0. The summed E-state index contributed by atoms with van der Waals surface area (Å²) in [6, 6.07) is 2.15. The summed E-state index contributed by atoms with van der Waals surface area (Å²) in [5.41, 5.74) is -0.0304. The summed E-state index contributed by atoms with van der Waals surface area (Å²) < 4.78 is 52.0. The zero-order chi connectivity index (χ0) is 18.1. The summed E-state index contributed by atoms with van der Waals surface area (Å²) in [4.78, 5) is 15.9. The molecule has 0 aliphatic carbocycles. The number of nitrogens with zero attached hydrogens (tertiary/aromatic N) is 3. The van der Waals surface area contributed by atoms with Gasteiger partial charge in [0.2, 0.25) is 0 Å². The van der Waals surface area contributed by atoms with E-state index in [9.17, 15) is 22.4 Å². The zero-order valence-corrected chi connectivity index (χ0v) is 12.8. The van der Waals surface area contributed by atoms with Gasteiger partial charge in [0.15, 0.2) is 11.6 Å². The van der Waals surface area contributed by atoms with E-state index < -0.39 is 31.1 Å². The molecule has 0 radical (unpaired) electrons. The van der Waals surface area contributed by atoms with Crippen LogP contribution < -0.4 is 5.32 Å². The number of rotatable bonds is 4. The van der Waals surface area contributed by atoms with Gasteiger partial charge in [0.25, 0.3) is 5.91 Å². The van der Waals surface area contributed by atoms with E-state index >= 15 is 0 Å². The number of benzene rings is 1. The lowest BCUT2D eigenvalue weighted by atomic mass is 10.0. The Balaban J connectivity index is 2.41. The predicted molar refractivity (Wildman–Crippen MR) is 75.4 cm³/mol. The van der Waals surface area contributed by atoms with Crippen LogP contribution in [0.4, 0.5) is 17.6 Å². The maximum atomic E-state index is 14.2. The minimum Gasteiger partial charge on any atom is -0.388 e. The minimum atomic E-state index is -4.55. The van der Waals surface area contributed by atoms with Crippen LogP contribution in [-0.4, -0.2) is 38.5 Å². The Bertz CT molecular complexity index is 771. The molecule has 1 aromatic carbocycles. The van der Waals surface area contributed by atoms with Gasteiger partial charge in [-0.05, 0) is 24.6 Å². The molecule has 1 heterocycles. The van der Waals surface area contributed by atoms with Crippen molar-refractivity contribution in [2.75, 3.05) is 6.54 Å². The number of carbonyl (C=O) groups excluding carboxylic acids is 1. The van der Waals surface area contributed by atoms with Crippen molar-refractivity contribution >= 4 is 5.91 Å². The van der Waals surface area contributed by atoms with Crippen LogP contribution in [0.15, 0.2) is 12.1 Å². The van der Waals surface area contributed by atoms with Gasteiger partial charge in [-0.1, -0.05) is 0 Å².